The second-order valence-corrected chi connectivity index (χ2v) is 8.41. The third-order valence-electron chi connectivity index (χ3n) is 4.68. The molecule has 0 atom stereocenters. The summed E-state index contributed by atoms with van der Waals surface area (Å²) in [6.07, 6.45) is 2.68. The number of Topliss-reactive ketones (excluding diaryl/α,β-unsaturated/α-hetero) is 1. The maximum atomic E-state index is 13.0. The van der Waals surface area contributed by atoms with Gasteiger partial charge in [-0.05, 0) is 47.2 Å². The second kappa shape index (κ2) is 9.29. The van der Waals surface area contributed by atoms with Gasteiger partial charge in [0.2, 0.25) is 0 Å². The summed E-state index contributed by atoms with van der Waals surface area (Å²) in [4.78, 5) is 18.4. The molecule has 1 aliphatic rings. The average Bonchev–Trinajstić information content (AvgIpc) is 2.73. The van der Waals surface area contributed by atoms with E-state index in [9.17, 15) is 17.8 Å². The van der Waals surface area contributed by atoms with Crippen LogP contribution in [0.25, 0.3) is 33.0 Å². The summed E-state index contributed by atoms with van der Waals surface area (Å²) in [5.41, 5.74) is 19.3. The van der Waals surface area contributed by atoms with E-state index in [-0.39, 0.29) is 29.8 Å². The summed E-state index contributed by atoms with van der Waals surface area (Å²) in [6, 6.07) is 12.7. The largest absolute Gasteiger partial charge is 0.748 e. The first-order valence-electron chi connectivity index (χ1n) is 9.01. The maximum Gasteiger partial charge on any atom is 0.185 e. The molecule has 0 spiro atoms. The van der Waals surface area contributed by atoms with Crippen molar-refractivity contribution in [3.8, 4) is 0 Å². The molecule has 0 aromatic heterocycles. The number of allylic oxidation sites excluding steroid dienone is 2. The number of rotatable bonds is 5. The molecular weight excluding hydrogens is 420 g/mol. The zero-order valence-electron chi connectivity index (χ0n) is 16.0. The number of ketones is 1. The van der Waals surface area contributed by atoms with E-state index in [0.717, 1.165) is 0 Å². The highest BCUT2D eigenvalue weighted by Gasteiger charge is 2.31. The van der Waals surface area contributed by atoms with Crippen LogP contribution >= 0.6 is 0 Å². The number of hydrogen-bond donors (Lipinski definition) is 0. The summed E-state index contributed by atoms with van der Waals surface area (Å²) < 4.78 is 35.1. The fraction of sp³-hybridized carbons (Fsp3) is 0.150. The number of nitrogens with zero attached hydrogens (tertiary/aromatic N) is 6. The lowest BCUT2D eigenvalue weighted by Gasteiger charge is -2.27. The number of azide groups is 2. The summed E-state index contributed by atoms with van der Waals surface area (Å²) >= 11 is 0. The van der Waals surface area contributed by atoms with Gasteiger partial charge < -0.3 is 4.55 Å². The Morgan fingerprint density at radius 1 is 0.839 bits per heavy atom. The summed E-state index contributed by atoms with van der Waals surface area (Å²) in [5.74, 6) is -0.349. The van der Waals surface area contributed by atoms with Crippen molar-refractivity contribution in [2.24, 2.45) is 10.2 Å². The maximum absolute atomic E-state index is 13.0. The lowest BCUT2D eigenvalue weighted by molar-refractivity contribution is -0.112. The van der Waals surface area contributed by atoms with Crippen LogP contribution in [0.3, 0.4) is 0 Å². The van der Waals surface area contributed by atoms with Gasteiger partial charge in [0, 0.05) is 32.3 Å². The minimum Gasteiger partial charge on any atom is -0.748 e. The van der Waals surface area contributed by atoms with Crippen LogP contribution in [0.15, 0.2) is 69.9 Å². The van der Waals surface area contributed by atoms with Gasteiger partial charge in [-0.25, -0.2) is 8.42 Å². The highest BCUT2D eigenvalue weighted by Crippen LogP contribution is 2.32. The number of carbonyl (C=O) groups excluding carboxylic acids is 1. The van der Waals surface area contributed by atoms with E-state index in [1.54, 1.807) is 48.5 Å². The molecule has 0 saturated heterocycles. The lowest BCUT2D eigenvalue weighted by Crippen LogP contribution is -2.30. The number of carbonyl (C=O) groups is 1. The first kappa shape index (κ1) is 21.8. The van der Waals surface area contributed by atoms with Crippen molar-refractivity contribution in [3.63, 3.8) is 0 Å². The fourth-order valence-corrected chi connectivity index (χ4v) is 3.95. The van der Waals surface area contributed by atoms with Crippen LogP contribution in [0, 0.1) is 0 Å². The van der Waals surface area contributed by atoms with Crippen molar-refractivity contribution in [3.05, 3.63) is 91.7 Å². The van der Waals surface area contributed by atoms with E-state index in [1.165, 1.54) is 12.2 Å². The van der Waals surface area contributed by atoms with Crippen molar-refractivity contribution < 1.29 is 17.8 Å². The Morgan fingerprint density at radius 3 is 1.55 bits per heavy atom. The van der Waals surface area contributed by atoms with Crippen molar-refractivity contribution in [2.75, 3.05) is 0 Å². The molecule has 0 amide bonds. The lowest BCUT2D eigenvalue weighted by atomic mass is 9.86. The molecule has 0 unspecified atom stereocenters. The summed E-state index contributed by atoms with van der Waals surface area (Å²) in [5, 5.41) is 5.68. The predicted octanol–water partition coefficient (Wildman–Crippen LogP) is 5.31. The molecule has 0 N–H and O–H groups in total. The van der Waals surface area contributed by atoms with E-state index >= 15 is 0 Å². The SMILES string of the molecule is [N-]=[N+]=Nc1ccc(/C=C2\CC(S(=O)(=O)[O-])C/C(=C\c3ccc(N=[N+]=[N-])cc3)C2=O)cc1. The first-order chi connectivity index (χ1) is 14.8. The van der Waals surface area contributed by atoms with E-state index in [1.807, 2.05) is 0 Å². The van der Waals surface area contributed by atoms with Crippen LogP contribution < -0.4 is 0 Å². The zero-order chi connectivity index (χ0) is 22.4. The van der Waals surface area contributed by atoms with Gasteiger partial charge >= 0.3 is 0 Å². The molecule has 0 radical (unpaired) electrons. The minimum absolute atomic E-state index is 0.185. The molecule has 10 nitrogen and oxygen atoms in total. The Bertz CT molecular complexity index is 1180. The Kier molecular flexibility index (Phi) is 6.54. The molecule has 156 valence electrons. The molecule has 2 aromatic rings. The van der Waals surface area contributed by atoms with Crippen molar-refractivity contribution in [1.29, 1.82) is 0 Å². The van der Waals surface area contributed by atoms with Crippen LogP contribution in [0.1, 0.15) is 24.0 Å². The standard InChI is InChI=1S/C20H16N6O4S/c21-25-23-17-5-1-13(2-6-17)9-15-11-19(31(28,29)30)12-16(20(15)27)10-14-3-7-18(8-4-14)24-26-22/h1-10,19H,11-12H2,(H,28,29,30)/p-1/b15-9+,16-10+. The van der Waals surface area contributed by atoms with Gasteiger partial charge in [-0.1, -0.05) is 58.8 Å². The summed E-state index contributed by atoms with van der Waals surface area (Å²) in [7, 11) is -4.62. The van der Waals surface area contributed by atoms with E-state index < -0.39 is 15.4 Å². The van der Waals surface area contributed by atoms with Gasteiger partial charge in [-0.2, -0.15) is 0 Å². The third kappa shape index (κ3) is 5.59. The van der Waals surface area contributed by atoms with Gasteiger partial charge in [-0.3, -0.25) is 4.79 Å². The molecule has 31 heavy (non-hydrogen) atoms. The molecule has 3 rings (SSSR count). The predicted molar refractivity (Wildman–Crippen MR) is 114 cm³/mol. The van der Waals surface area contributed by atoms with E-state index in [4.69, 9.17) is 11.1 Å². The first-order valence-corrected chi connectivity index (χ1v) is 10.5. The fourth-order valence-electron chi connectivity index (χ4n) is 3.19. The molecule has 0 heterocycles. The second-order valence-electron chi connectivity index (χ2n) is 6.75. The molecule has 0 aliphatic heterocycles. The normalized spacial score (nSPS) is 19.0. The van der Waals surface area contributed by atoms with Crippen LogP contribution in [-0.2, 0) is 14.9 Å². The quantitative estimate of drug-likeness (QED) is 0.203. The van der Waals surface area contributed by atoms with Crippen LogP contribution in [0.2, 0.25) is 0 Å². The Hall–Kier alpha value is -3.88. The average molecular weight is 435 g/mol. The van der Waals surface area contributed by atoms with E-state index in [0.29, 0.717) is 22.5 Å². The summed E-state index contributed by atoms with van der Waals surface area (Å²) in [6.45, 7) is 0. The molecular formula is C20H15N6O4S-. The Balaban J connectivity index is 1.98. The monoisotopic (exact) mass is 435 g/mol. The molecule has 0 bridgehead atoms. The third-order valence-corrected chi connectivity index (χ3v) is 5.82. The van der Waals surface area contributed by atoms with Crippen LogP contribution in [-0.4, -0.2) is 24.0 Å². The topological polar surface area (TPSA) is 172 Å². The van der Waals surface area contributed by atoms with Gasteiger partial charge in [0.15, 0.2) is 5.78 Å². The highest BCUT2D eigenvalue weighted by molar-refractivity contribution is 7.86. The number of benzene rings is 2. The zero-order valence-corrected chi connectivity index (χ0v) is 16.8. The van der Waals surface area contributed by atoms with Gasteiger partial charge in [0.1, 0.15) is 0 Å². The Labute approximate surface area is 177 Å². The Morgan fingerprint density at radius 2 is 1.23 bits per heavy atom. The minimum atomic E-state index is -4.62. The van der Waals surface area contributed by atoms with Gasteiger partial charge in [0.05, 0.1) is 15.4 Å². The molecule has 1 aliphatic carbocycles. The van der Waals surface area contributed by atoms with Crippen molar-refractivity contribution in [2.45, 2.75) is 18.1 Å². The van der Waals surface area contributed by atoms with Gasteiger partial charge in [-0.15, -0.1) is 0 Å². The number of hydrogen-bond acceptors (Lipinski definition) is 6. The molecule has 11 heteroatoms. The van der Waals surface area contributed by atoms with Crippen molar-refractivity contribution >= 4 is 39.4 Å². The molecule has 1 saturated carbocycles. The van der Waals surface area contributed by atoms with E-state index in [2.05, 4.69) is 20.1 Å². The smallest absolute Gasteiger partial charge is 0.185 e. The van der Waals surface area contributed by atoms with Crippen LogP contribution in [0.5, 0.6) is 0 Å². The highest BCUT2D eigenvalue weighted by atomic mass is 32.2. The van der Waals surface area contributed by atoms with Crippen molar-refractivity contribution in [1.82, 2.24) is 0 Å². The molecule has 1 fully saturated rings. The van der Waals surface area contributed by atoms with Crippen LogP contribution in [0.4, 0.5) is 11.4 Å². The molecule has 2 aromatic carbocycles. The van der Waals surface area contributed by atoms with Gasteiger partial charge in [0.25, 0.3) is 0 Å².